The molecule has 2 aliphatic rings. The number of ether oxygens (including phenoxy) is 1. The monoisotopic (exact) mass is 299 g/mol. The molecule has 0 atom stereocenters. The molecular weight excluding hydrogens is 260 g/mol. The first kappa shape index (κ1) is 18.9. The number of rotatable bonds is 5. The zero-order valence-corrected chi connectivity index (χ0v) is 15.2. The molecular formula is C18H39N2O+. The minimum absolute atomic E-state index is 0.546. The molecule has 1 saturated carbocycles. The number of nitrogens with one attached hydrogen (secondary N) is 1. The molecule has 1 aliphatic heterocycles. The number of hydrogen-bond donors (Lipinski definition) is 1. The van der Waals surface area contributed by atoms with Gasteiger partial charge in [0.25, 0.3) is 0 Å². The summed E-state index contributed by atoms with van der Waals surface area (Å²) in [7, 11) is 6.73. The van der Waals surface area contributed by atoms with E-state index in [-0.39, 0.29) is 0 Å². The summed E-state index contributed by atoms with van der Waals surface area (Å²) >= 11 is 0. The van der Waals surface area contributed by atoms with Gasteiger partial charge in [-0.1, -0.05) is 13.8 Å². The second-order valence-corrected chi connectivity index (χ2v) is 7.25. The number of hydrogen-bond acceptors (Lipinski definition) is 2. The van der Waals surface area contributed by atoms with E-state index < -0.39 is 0 Å². The van der Waals surface area contributed by atoms with Gasteiger partial charge in [0.15, 0.2) is 0 Å². The lowest BCUT2D eigenvalue weighted by molar-refractivity contribution is -0.896. The van der Waals surface area contributed by atoms with E-state index in [0.717, 1.165) is 5.92 Å². The third-order valence-corrected chi connectivity index (χ3v) is 5.09. The fourth-order valence-electron chi connectivity index (χ4n) is 3.56. The smallest absolute Gasteiger partial charge is 0.0807 e. The van der Waals surface area contributed by atoms with E-state index in [1.54, 1.807) is 0 Å². The largest absolute Gasteiger partial charge is 0.375 e. The Hall–Kier alpha value is -0.120. The van der Waals surface area contributed by atoms with E-state index in [2.05, 4.69) is 26.5 Å². The summed E-state index contributed by atoms with van der Waals surface area (Å²) in [6.07, 6.45) is 10.3. The van der Waals surface area contributed by atoms with Crippen LogP contribution in [0, 0.1) is 5.92 Å². The molecule has 21 heavy (non-hydrogen) atoms. The van der Waals surface area contributed by atoms with Crippen molar-refractivity contribution < 1.29 is 9.22 Å². The van der Waals surface area contributed by atoms with Crippen LogP contribution in [0.2, 0.25) is 0 Å². The van der Waals surface area contributed by atoms with Gasteiger partial charge < -0.3 is 14.5 Å². The van der Waals surface area contributed by atoms with Crippen molar-refractivity contribution >= 4 is 0 Å². The van der Waals surface area contributed by atoms with Crippen LogP contribution < -0.4 is 5.32 Å². The standard InChI is InChI=1S/C16H33N2O.C2H6/c1-17-11-8-14-4-6-15(7-5-14)19-16-9-12-18(2,3)13-10-16;1-2/h14-17H,4-13H2,1-3H3;1-2H3/q+1;. The van der Waals surface area contributed by atoms with Crippen molar-refractivity contribution in [3.05, 3.63) is 0 Å². The van der Waals surface area contributed by atoms with Gasteiger partial charge in [-0.2, -0.15) is 0 Å². The summed E-state index contributed by atoms with van der Waals surface area (Å²) in [5.74, 6) is 0.939. The van der Waals surface area contributed by atoms with Crippen LogP contribution in [-0.2, 0) is 4.74 Å². The number of piperidine rings is 1. The van der Waals surface area contributed by atoms with Crippen molar-refractivity contribution in [1.82, 2.24) is 5.32 Å². The van der Waals surface area contributed by atoms with Crippen molar-refractivity contribution in [2.75, 3.05) is 40.8 Å². The summed E-state index contributed by atoms with van der Waals surface area (Å²) in [4.78, 5) is 0. The van der Waals surface area contributed by atoms with Gasteiger partial charge in [-0.05, 0) is 51.6 Å². The number of nitrogens with zero attached hydrogens (tertiary/aromatic N) is 1. The summed E-state index contributed by atoms with van der Waals surface area (Å²) in [6.45, 7) is 7.73. The second kappa shape index (κ2) is 9.81. The third kappa shape index (κ3) is 7.12. The molecule has 0 spiro atoms. The van der Waals surface area contributed by atoms with Gasteiger partial charge in [-0.3, -0.25) is 0 Å². The van der Waals surface area contributed by atoms with Gasteiger partial charge in [0.05, 0.1) is 39.4 Å². The maximum Gasteiger partial charge on any atom is 0.0807 e. The maximum absolute atomic E-state index is 6.35. The summed E-state index contributed by atoms with van der Waals surface area (Å²) in [6, 6.07) is 0. The van der Waals surface area contributed by atoms with Crippen LogP contribution in [-0.4, -0.2) is 57.5 Å². The average molecular weight is 300 g/mol. The Kier molecular flexibility index (Phi) is 8.84. The molecule has 1 N–H and O–H groups in total. The van der Waals surface area contributed by atoms with Crippen LogP contribution in [0.15, 0.2) is 0 Å². The van der Waals surface area contributed by atoms with Crippen LogP contribution in [0.3, 0.4) is 0 Å². The molecule has 0 amide bonds. The Balaban J connectivity index is 0.00000106. The summed E-state index contributed by atoms with van der Waals surface area (Å²) in [5, 5.41) is 3.27. The average Bonchev–Trinajstić information content (AvgIpc) is 2.51. The molecule has 0 aromatic heterocycles. The molecule has 0 aromatic carbocycles. The minimum atomic E-state index is 0.546. The predicted molar refractivity (Wildman–Crippen MR) is 91.6 cm³/mol. The first-order chi connectivity index (χ1) is 10.1. The van der Waals surface area contributed by atoms with Crippen molar-refractivity contribution in [1.29, 1.82) is 0 Å². The lowest BCUT2D eigenvalue weighted by Crippen LogP contribution is -2.48. The molecule has 0 bridgehead atoms. The van der Waals surface area contributed by atoms with Crippen LogP contribution in [0.5, 0.6) is 0 Å². The van der Waals surface area contributed by atoms with Gasteiger partial charge in [0, 0.05) is 12.8 Å². The van der Waals surface area contributed by atoms with Crippen LogP contribution in [0.25, 0.3) is 0 Å². The Morgan fingerprint density at radius 2 is 1.43 bits per heavy atom. The van der Waals surface area contributed by atoms with E-state index in [4.69, 9.17) is 4.74 Å². The molecule has 0 unspecified atom stereocenters. The molecule has 1 aliphatic carbocycles. The fraction of sp³-hybridized carbons (Fsp3) is 1.00. The topological polar surface area (TPSA) is 21.3 Å². The normalized spacial score (nSPS) is 29.6. The highest BCUT2D eigenvalue weighted by Crippen LogP contribution is 2.30. The molecule has 1 heterocycles. The Bertz CT molecular complexity index is 250. The van der Waals surface area contributed by atoms with Gasteiger partial charge in [0.2, 0.25) is 0 Å². The van der Waals surface area contributed by atoms with Gasteiger partial charge >= 0.3 is 0 Å². The summed E-state index contributed by atoms with van der Waals surface area (Å²) in [5.41, 5.74) is 0. The van der Waals surface area contributed by atoms with Crippen molar-refractivity contribution in [3.8, 4) is 0 Å². The molecule has 2 fully saturated rings. The van der Waals surface area contributed by atoms with E-state index in [1.165, 1.54) is 69.1 Å². The first-order valence-corrected chi connectivity index (χ1v) is 9.21. The Morgan fingerprint density at radius 1 is 0.905 bits per heavy atom. The second-order valence-electron chi connectivity index (χ2n) is 7.25. The van der Waals surface area contributed by atoms with Gasteiger partial charge in [-0.15, -0.1) is 0 Å². The van der Waals surface area contributed by atoms with Crippen molar-refractivity contribution in [2.45, 2.75) is 71.0 Å². The molecule has 126 valence electrons. The molecule has 3 nitrogen and oxygen atoms in total. The lowest BCUT2D eigenvalue weighted by Gasteiger charge is -2.39. The minimum Gasteiger partial charge on any atom is -0.375 e. The molecule has 0 aromatic rings. The molecule has 1 saturated heterocycles. The van der Waals surface area contributed by atoms with E-state index in [1.807, 2.05) is 13.8 Å². The first-order valence-electron chi connectivity index (χ1n) is 9.21. The number of quaternary nitrogens is 1. The van der Waals surface area contributed by atoms with Crippen molar-refractivity contribution in [3.63, 3.8) is 0 Å². The molecule has 0 radical (unpaired) electrons. The van der Waals surface area contributed by atoms with E-state index in [9.17, 15) is 0 Å². The lowest BCUT2D eigenvalue weighted by atomic mass is 9.85. The van der Waals surface area contributed by atoms with Crippen molar-refractivity contribution in [2.24, 2.45) is 5.92 Å². The SMILES string of the molecule is CC.CNCCC1CCC(OC2CC[N+](C)(C)CC2)CC1. The third-order valence-electron chi connectivity index (χ3n) is 5.09. The van der Waals surface area contributed by atoms with Crippen LogP contribution in [0.1, 0.15) is 58.8 Å². The van der Waals surface area contributed by atoms with E-state index in [0.29, 0.717) is 12.2 Å². The highest BCUT2D eigenvalue weighted by molar-refractivity contribution is 4.75. The van der Waals surface area contributed by atoms with Gasteiger partial charge in [0.1, 0.15) is 0 Å². The zero-order valence-electron chi connectivity index (χ0n) is 15.2. The quantitative estimate of drug-likeness (QED) is 0.785. The van der Waals surface area contributed by atoms with E-state index >= 15 is 0 Å². The Morgan fingerprint density at radius 3 is 1.95 bits per heavy atom. The molecule has 2 rings (SSSR count). The van der Waals surface area contributed by atoms with Crippen LogP contribution in [0.4, 0.5) is 0 Å². The highest BCUT2D eigenvalue weighted by Gasteiger charge is 2.30. The Labute approximate surface area is 133 Å². The number of likely N-dealkylation sites (tertiary alicyclic amines) is 1. The summed E-state index contributed by atoms with van der Waals surface area (Å²) < 4.78 is 7.53. The molecule has 3 heteroatoms. The maximum atomic E-state index is 6.35. The zero-order chi connectivity index (χ0) is 15.7. The predicted octanol–water partition coefficient (Wildman–Crippen LogP) is 3.44. The highest BCUT2D eigenvalue weighted by atomic mass is 16.5. The van der Waals surface area contributed by atoms with Crippen LogP contribution >= 0.6 is 0 Å². The van der Waals surface area contributed by atoms with Gasteiger partial charge in [-0.25, -0.2) is 0 Å². The fourth-order valence-corrected chi connectivity index (χ4v) is 3.56.